The number of fused-ring (bicyclic) bond motifs is 2. The summed E-state index contributed by atoms with van der Waals surface area (Å²) in [5.74, 6) is 1.65. The van der Waals surface area contributed by atoms with Crippen molar-refractivity contribution in [2.45, 2.75) is 39.2 Å². The third-order valence-corrected chi connectivity index (χ3v) is 5.79. The first-order valence-electron chi connectivity index (χ1n) is 9.99. The van der Waals surface area contributed by atoms with Crippen molar-refractivity contribution in [3.63, 3.8) is 0 Å². The number of benzene rings is 1. The molecule has 0 bridgehead atoms. The Morgan fingerprint density at radius 3 is 2.87 bits per heavy atom. The van der Waals surface area contributed by atoms with Crippen LogP contribution in [0.2, 0.25) is 0 Å². The van der Waals surface area contributed by atoms with Crippen molar-refractivity contribution in [1.82, 2.24) is 14.9 Å². The van der Waals surface area contributed by atoms with Crippen LogP contribution >= 0.6 is 0 Å². The number of rotatable bonds is 5. The molecule has 7 nitrogen and oxygen atoms in total. The lowest BCUT2D eigenvalue weighted by molar-refractivity contribution is 0.0916. The van der Waals surface area contributed by atoms with Crippen molar-refractivity contribution in [3.8, 4) is 11.5 Å². The van der Waals surface area contributed by atoms with E-state index in [4.69, 9.17) is 9.15 Å². The molecule has 0 radical (unpaired) electrons. The molecule has 1 aromatic carbocycles. The summed E-state index contributed by atoms with van der Waals surface area (Å²) >= 11 is 0. The van der Waals surface area contributed by atoms with Crippen molar-refractivity contribution in [2.75, 3.05) is 0 Å². The van der Waals surface area contributed by atoms with E-state index >= 15 is 0 Å². The summed E-state index contributed by atoms with van der Waals surface area (Å²) in [4.78, 5) is 24.0. The lowest BCUT2D eigenvalue weighted by atomic mass is 9.93. The highest BCUT2D eigenvalue weighted by Gasteiger charge is 2.24. The smallest absolute Gasteiger partial charge is 0.255 e. The Balaban J connectivity index is 1.49. The fourth-order valence-electron chi connectivity index (χ4n) is 3.93. The molecule has 3 aromatic heterocycles. The highest BCUT2D eigenvalue weighted by molar-refractivity contribution is 6.07. The molecule has 0 saturated heterocycles. The third kappa shape index (κ3) is 2.94. The Hall–Kier alpha value is -3.61. The number of amides is 1. The number of aromatic nitrogens is 2. The molecular formula is C23H21N3O4. The maximum atomic E-state index is 12.7. The Kier molecular flexibility index (Phi) is 4.31. The molecule has 1 N–H and O–H groups in total. The molecule has 1 saturated carbocycles. The summed E-state index contributed by atoms with van der Waals surface area (Å²) in [6, 6.07) is 7.45. The first-order valence-corrected chi connectivity index (χ1v) is 9.99. The van der Waals surface area contributed by atoms with Crippen molar-refractivity contribution in [3.05, 3.63) is 59.1 Å². The molecule has 3 heterocycles. The van der Waals surface area contributed by atoms with Crippen LogP contribution in [0.3, 0.4) is 0 Å². The van der Waals surface area contributed by atoms with Gasteiger partial charge in [-0.15, -0.1) is 0 Å². The highest BCUT2D eigenvalue weighted by atomic mass is 16.5. The molecule has 152 valence electrons. The zero-order valence-electron chi connectivity index (χ0n) is 16.8. The molecule has 0 aliphatic heterocycles. The minimum absolute atomic E-state index is 0.0920. The van der Waals surface area contributed by atoms with Crippen LogP contribution in [-0.4, -0.2) is 27.8 Å². The number of aryl methyl sites for hydroxylation is 2. The fraction of sp³-hybridized carbons (Fsp3) is 0.261. The summed E-state index contributed by atoms with van der Waals surface area (Å²) in [5.41, 5.74) is 3.27. The molecular weight excluding hydrogens is 382 g/mol. The van der Waals surface area contributed by atoms with Crippen LogP contribution in [0.5, 0.6) is 11.5 Å². The number of furan rings is 1. The predicted molar refractivity (Wildman–Crippen MR) is 111 cm³/mol. The highest BCUT2D eigenvalue weighted by Crippen LogP contribution is 2.34. The summed E-state index contributed by atoms with van der Waals surface area (Å²) in [6.45, 7) is 3.66. The van der Waals surface area contributed by atoms with Crippen LogP contribution in [0.1, 0.15) is 51.3 Å². The van der Waals surface area contributed by atoms with E-state index in [1.807, 2.05) is 19.1 Å². The van der Waals surface area contributed by atoms with Gasteiger partial charge in [0.15, 0.2) is 12.0 Å². The number of carbonyl (C=O) groups is 2. The van der Waals surface area contributed by atoms with Gasteiger partial charge in [-0.05, 0) is 50.8 Å². The van der Waals surface area contributed by atoms with E-state index in [1.54, 1.807) is 36.0 Å². The SMILES string of the molecule is Cc1oc2cc(Oc3ccnn4cc(C=O)c(C)c34)ccc2c1C(=O)NC1CCC1. The van der Waals surface area contributed by atoms with Gasteiger partial charge in [0.1, 0.15) is 22.6 Å². The van der Waals surface area contributed by atoms with E-state index in [9.17, 15) is 9.59 Å². The molecule has 0 atom stereocenters. The van der Waals surface area contributed by atoms with E-state index in [2.05, 4.69) is 10.4 Å². The van der Waals surface area contributed by atoms with Crippen molar-refractivity contribution < 1.29 is 18.7 Å². The average Bonchev–Trinajstić information content (AvgIpc) is 3.20. The fourth-order valence-corrected chi connectivity index (χ4v) is 3.93. The van der Waals surface area contributed by atoms with Crippen LogP contribution in [0.25, 0.3) is 16.5 Å². The van der Waals surface area contributed by atoms with Gasteiger partial charge in [0.05, 0.1) is 11.8 Å². The van der Waals surface area contributed by atoms with Gasteiger partial charge in [0.25, 0.3) is 5.91 Å². The van der Waals surface area contributed by atoms with E-state index in [-0.39, 0.29) is 11.9 Å². The van der Waals surface area contributed by atoms with Crippen LogP contribution in [-0.2, 0) is 0 Å². The number of carbonyl (C=O) groups excluding carboxylic acids is 2. The molecule has 0 unspecified atom stereocenters. The van der Waals surface area contributed by atoms with E-state index in [0.717, 1.165) is 42.0 Å². The van der Waals surface area contributed by atoms with Crippen LogP contribution < -0.4 is 10.1 Å². The number of nitrogens with one attached hydrogen (secondary N) is 1. The second-order valence-corrected chi connectivity index (χ2v) is 7.71. The van der Waals surface area contributed by atoms with Crippen molar-refractivity contribution in [2.24, 2.45) is 0 Å². The second-order valence-electron chi connectivity index (χ2n) is 7.71. The second kappa shape index (κ2) is 7.02. The number of hydrogen-bond acceptors (Lipinski definition) is 5. The van der Waals surface area contributed by atoms with Gasteiger partial charge >= 0.3 is 0 Å². The number of aldehydes is 1. The molecule has 1 aliphatic carbocycles. The summed E-state index contributed by atoms with van der Waals surface area (Å²) in [5, 5.41) is 8.08. The van der Waals surface area contributed by atoms with Crippen LogP contribution in [0, 0.1) is 13.8 Å². The molecule has 1 fully saturated rings. The largest absolute Gasteiger partial charge is 0.460 e. The zero-order valence-corrected chi connectivity index (χ0v) is 16.8. The topological polar surface area (TPSA) is 85.8 Å². The monoisotopic (exact) mass is 403 g/mol. The van der Waals surface area contributed by atoms with Gasteiger partial charge in [-0.3, -0.25) is 9.59 Å². The number of nitrogens with zero attached hydrogens (tertiary/aromatic N) is 2. The Morgan fingerprint density at radius 2 is 2.13 bits per heavy atom. The summed E-state index contributed by atoms with van der Waals surface area (Å²) in [6.07, 6.45) is 7.33. The Morgan fingerprint density at radius 1 is 1.30 bits per heavy atom. The zero-order chi connectivity index (χ0) is 20.8. The van der Waals surface area contributed by atoms with Gasteiger partial charge in [0.2, 0.25) is 0 Å². The van der Waals surface area contributed by atoms with Crippen molar-refractivity contribution in [1.29, 1.82) is 0 Å². The molecule has 7 heteroatoms. The van der Waals surface area contributed by atoms with E-state index in [1.165, 1.54) is 0 Å². The first kappa shape index (κ1) is 18.4. The Labute approximate surface area is 172 Å². The van der Waals surface area contributed by atoms with Gasteiger partial charge in [-0.1, -0.05) is 0 Å². The van der Waals surface area contributed by atoms with Gasteiger partial charge in [-0.25, -0.2) is 4.52 Å². The molecule has 1 aliphatic rings. The number of ether oxygens (including phenoxy) is 1. The lowest BCUT2D eigenvalue weighted by Gasteiger charge is -2.26. The van der Waals surface area contributed by atoms with Gasteiger partial charge in [0, 0.05) is 35.3 Å². The molecule has 0 spiro atoms. The van der Waals surface area contributed by atoms with Gasteiger partial charge < -0.3 is 14.5 Å². The minimum atomic E-state index is -0.0920. The van der Waals surface area contributed by atoms with Crippen LogP contribution in [0.15, 0.2) is 41.1 Å². The van der Waals surface area contributed by atoms with Crippen molar-refractivity contribution >= 4 is 28.7 Å². The number of hydrogen-bond donors (Lipinski definition) is 1. The van der Waals surface area contributed by atoms with E-state index in [0.29, 0.717) is 34.0 Å². The Bertz CT molecular complexity index is 1300. The molecule has 5 rings (SSSR count). The quantitative estimate of drug-likeness (QED) is 0.493. The maximum Gasteiger partial charge on any atom is 0.255 e. The first-order chi connectivity index (χ1) is 14.5. The minimum Gasteiger partial charge on any atom is -0.460 e. The molecule has 4 aromatic rings. The molecule has 1 amide bonds. The third-order valence-electron chi connectivity index (χ3n) is 5.79. The van der Waals surface area contributed by atoms with Crippen LogP contribution in [0.4, 0.5) is 0 Å². The lowest BCUT2D eigenvalue weighted by Crippen LogP contribution is -2.39. The standard InChI is InChI=1S/C23H21N3O4/c1-13-15(12-27)11-26-22(13)19(8-9-24-26)30-17-6-7-18-20(10-17)29-14(2)21(18)23(28)25-16-4-3-5-16/h6-12,16H,3-5H2,1-2H3,(H,25,28). The predicted octanol–water partition coefficient (Wildman–Crippen LogP) is 4.58. The summed E-state index contributed by atoms with van der Waals surface area (Å²) < 4.78 is 13.6. The average molecular weight is 403 g/mol. The van der Waals surface area contributed by atoms with Gasteiger partial charge in [-0.2, -0.15) is 5.10 Å². The summed E-state index contributed by atoms with van der Waals surface area (Å²) in [7, 11) is 0. The van der Waals surface area contributed by atoms with E-state index < -0.39 is 0 Å². The molecule has 30 heavy (non-hydrogen) atoms. The maximum absolute atomic E-state index is 12.7. The normalized spacial score (nSPS) is 14.1.